The third-order valence-corrected chi connectivity index (χ3v) is 3.76. The molecule has 0 aliphatic carbocycles. The average Bonchev–Trinajstić information content (AvgIpc) is 2.45. The molecular formula is C15H15F2N3O. The largest absolute Gasteiger partial charge is 0.381 e. The maximum atomic E-state index is 14.2. The SMILES string of the molecule is CCc1ncnc(N2CC(O)(c3ccc(F)cc3)C2)c1F. The topological polar surface area (TPSA) is 49.2 Å². The van der Waals surface area contributed by atoms with Crippen LogP contribution in [0, 0.1) is 11.6 Å². The van der Waals surface area contributed by atoms with Crippen molar-refractivity contribution in [1.29, 1.82) is 0 Å². The molecule has 1 aliphatic heterocycles. The summed E-state index contributed by atoms with van der Waals surface area (Å²) in [7, 11) is 0. The van der Waals surface area contributed by atoms with E-state index in [0.29, 0.717) is 17.7 Å². The van der Waals surface area contributed by atoms with Gasteiger partial charge >= 0.3 is 0 Å². The summed E-state index contributed by atoms with van der Waals surface area (Å²) < 4.78 is 27.1. The van der Waals surface area contributed by atoms with E-state index in [1.807, 2.05) is 6.92 Å². The highest BCUT2D eigenvalue weighted by molar-refractivity contribution is 5.48. The first kappa shape index (κ1) is 13.9. The van der Waals surface area contributed by atoms with E-state index in [1.165, 1.54) is 18.5 Å². The molecule has 1 N–H and O–H groups in total. The number of anilines is 1. The Kier molecular flexibility index (Phi) is 3.33. The number of rotatable bonds is 3. The van der Waals surface area contributed by atoms with Crippen molar-refractivity contribution in [3.8, 4) is 0 Å². The van der Waals surface area contributed by atoms with Gasteiger partial charge in [0.1, 0.15) is 17.7 Å². The Balaban J connectivity index is 1.80. The van der Waals surface area contributed by atoms with Crippen LogP contribution in [0.5, 0.6) is 0 Å². The van der Waals surface area contributed by atoms with Crippen LogP contribution in [0.3, 0.4) is 0 Å². The van der Waals surface area contributed by atoms with Crippen LogP contribution in [-0.2, 0) is 12.0 Å². The summed E-state index contributed by atoms with van der Waals surface area (Å²) in [6.07, 6.45) is 1.81. The zero-order valence-corrected chi connectivity index (χ0v) is 11.6. The van der Waals surface area contributed by atoms with E-state index >= 15 is 0 Å². The Hall–Kier alpha value is -2.08. The second-order valence-electron chi connectivity index (χ2n) is 5.21. The minimum absolute atomic E-state index is 0.202. The molecule has 2 heterocycles. The number of halogens is 2. The van der Waals surface area contributed by atoms with Crippen molar-refractivity contribution in [2.45, 2.75) is 18.9 Å². The number of benzene rings is 1. The molecule has 3 rings (SSSR count). The first-order chi connectivity index (χ1) is 10.0. The molecule has 1 saturated heterocycles. The first-order valence-electron chi connectivity index (χ1n) is 6.76. The molecule has 0 spiro atoms. The summed E-state index contributed by atoms with van der Waals surface area (Å²) in [5.41, 5.74) is -0.125. The summed E-state index contributed by atoms with van der Waals surface area (Å²) in [4.78, 5) is 9.49. The number of aliphatic hydroxyl groups is 1. The summed E-state index contributed by atoms with van der Waals surface area (Å²) in [5, 5.41) is 10.5. The molecule has 1 aromatic heterocycles. The molecular weight excluding hydrogens is 276 g/mol. The average molecular weight is 291 g/mol. The minimum Gasteiger partial charge on any atom is -0.381 e. The second-order valence-corrected chi connectivity index (χ2v) is 5.21. The van der Waals surface area contributed by atoms with Gasteiger partial charge in [-0.2, -0.15) is 0 Å². The molecule has 21 heavy (non-hydrogen) atoms. The fourth-order valence-electron chi connectivity index (χ4n) is 2.54. The van der Waals surface area contributed by atoms with Gasteiger partial charge in [-0.05, 0) is 24.1 Å². The molecule has 0 bridgehead atoms. The smallest absolute Gasteiger partial charge is 0.187 e. The van der Waals surface area contributed by atoms with Crippen molar-refractivity contribution in [2.75, 3.05) is 18.0 Å². The molecule has 2 aromatic rings. The molecule has 4 nitrogen and oxygen atoms in total. The van der Waals surface area contributed by atoms with Gasteiger partial charge in [0.15, 0.2) is 11.6 Å². The summed E-state index contributed by atoms with van der Waals surface area (Å²) in [6.45, 7) is 2.26. The molecule has 0 unspecified atom stereocenters. The predicted octanol–water partition coefficient (Wildman–Crippen LogP) is 2.02. The lowest BCUT2D eigenvalue weighted by Gasteiger charge is -2.47. The lowest BCUT2D eigenvalue weighted by atomic mass is 9.86. The highest BCUT2D eigenvalue weighted by Crippen LogP contribution is 2.35. The summed E-state index contributed by atoms with van der Waals surface area (Å²) in [5.74, 6) is -0.595. The van der Waals surface area contributed by atoms with Crippen LogP contribution in [0.4, 0.5) is 14.6 Å². The molecule has 1 aromatic carbocycles. The molecule has 6 heteroatoms. The lowest BCUT2D eigenvalue weighted by molar-refractivity contribution is 0.00656. The third kappa shape index (κ3) is 2.35. The lowest BCUT2D eigenvalue weighted by Crippen LogP contribution is -2.60. The number of β-amino-alcohol motifs (C(OH)–C–C–N with tert-alkyl or cyclic N) is 1. The second kappa shape index (κ2) is 5.04. The van der Waals surface area contributed by atoms with E-state index in [4.69, 9.17) is 0 Å². The quantitative estimate of drug-likeness (QED) is 0.940. The van der Waals surface area contributed by atoms with E-state index in [2.05, 4.69) is 9.97 Å². The van der Waals surface area contributed by atoms with Gasteiger partial charge in [-0.1, -0.05) is 19.1 Å². The zero-order chi connectivity index (χ0) is 15.0. The van der Waals surface area contributed by atoms with Crippen LogP contribution in [0.1, 0.15) is 18.2 Å². The maximum absolute atomic E-state index is 14.2. The number of hydrogen-bond donors (Lipinski definition) is 1. The van der Waals surface area contributed by atoms with E-state index in [9.17, 15) is 13.9 Å². The Morgan fingerprint density at radius 3 is 2.48 bits per heavy atom. The van der Waals surface area contributed by atoms with Crippen molar-refractivity contribution >= 4 is 5.82 Å². The van der Waals surface area contributed by atoms with Gasteiger partial charge in [0.05, 0.1) is 18.8 Å². The van der Waals surface area contributed by atoms with Gasteiger partial charge < -0.3 is 10.0 Å². The van der Waals surface area contributed by atoms with E-state index < -0.39 is 11.4 Å². The van der Waals surface area contributed by atoms with E-state index in [1.54, 1.807) is 17.0 Å². The summed E-state index contributed by atoms with van der Waals surface area (Å²) >= 11 is 0. The summed E-state index contributed by atoms with van der Waals surface area (Å²) in [6, 6.07) is 5.69. The van der Waals surface area contributed by atoms with Crippen LogP contribution in [0.15, 0.2) is 30.6 Å². The highest BCUT2D eigenvalue weighted by atomic mass is 19.1. The number of aromatic nitrogens is 2. The number of hydrogen-bond acceptors (Lipinski definition) is 4. The fraction of sp³-hybridized carbons (Fsp3) is 0.333. The predicted molar refractivity (Wildman–Crippen MR) is 73.9 cm³/mol. The maximum Gasteiger partial charge on any atom is 0.187 e. The minimum atomic E-state index is -1.10. The van der Waals surface area contributed by atoms with Gasteiger partial charge in [0.2, 0.25) is 0 Å². The number of aryl methyl sites for hydroxylation is 1. The fourth-order valence-corrected chi connectivity index (χ4v) is 2.54. The molecule has 1 fully saturated rings. The molecule has 0 amide bonds. The highest BCUT2D eigenvalue weighted by Gasteiger charge is 2.44. The van der Waals surface area contributed by atoms with Crippen LogP contribution < -0.4 is 4.90 Å². The molecule has 1 aliphatic rings. The number of nitrogens with zero attached hydrogens (tertiary/aromatic N) is 3. The molecule has 0 saturated carbocycles. The van der Waals surface area contributed by atoms with Crippen molar-refractivity contribution < 1.29 is 13.9 Å². The van der Waals surface area contributed by atoms with Crippen molar-refractivity contribution in [3.05, 3.63) is 53.5 Å². The normalized spacial score (nSPS) is 16.7. The van der Waals surface area contributed by atoms with Gasteiger partial charge in [0.25, 0.3) is 0 Å². The van der Waals surface area contributed by atoms with Crippen LogP contribution in [0.2, 0.25) is 0 Å². The van der Waals surface area contributed by atoms with Gasteiger partial charge in [-0.15, -0.1) is 0 Å². The van der Waals surface area contributed by atoms with E-state index in [0.717, 1.165) is 0 Å². The van der Waals surface area contributed by atoms with Crippen molar-refractivity contribution in [3.63, 3.8) is 0 Å². The van der Waals surface area contributed by atoms with Crippen LogP contribution in [-0.4, -0.2) is 28.2 Å². The Bertz CT molecular complexity index is 654. The standard InChI is InChI=1S/C15H15F2N3O/c1-2-12-13(17)14(19-9-18-12)20-7-15(21,8-20)10-3-5-11(16)6-4-10/h3-6,9,21H,2,7-8H2,1H3. The van der Waals surface area contributed by atoms with Crippen LogP contribution in [0.25, 0.3) is 0 Å². The van der Waals surface area contributed by atoms with Crippen molar-refractivity contribution in [2.24, 2.45) is 0 Å². The molecule has 110 valence electrons. The molecule has 0 radical (unpaired) electrons. The van der Waals surface area contributed by atoms with Gasteiger partial charge in [0, 0.05) is 0 Å². The monoisotopic (exact) mass is 291 g/mol. The zero-order valence-electron chi connectivity index (χ0n) is 11.6. The van der Waals surface area contributed by atoms with Crippen LogP contribution >= 0.6 is 0 Å². The Morgan fingerprint density at radius 2 is 1.86 bits per heavy atom. The third-order valence-electron chi connectivity index (χ3n) is 3.76. The first-order valence-corrected chi connectivity index (χ1v) is 6.76. The molecule has 0 atom stereocenters. The van der Waals surface area contributed by atoms with Gasteiger partial charge in [-0.3, -0.25) is 0 Å². The van der Waals surface area contributed by atoms with Crippen molar-refractivity contribution in [1.82, 2.24) is 9.97 Å². The Morgan fingerprint density at radius 1 is 1.19 bits per heavy atom. The Labute approximate surface area is 121 Å². The van der Waals surface area contributed by atoms with E-state index in [-0.39, 0.29) is 24.7 Å². The van der Waals surface area contributed by atoms with Gasteiger partial charge in [-0.25, -0.2) is 18.7 Å².